The van der Waals surface area contributed by atoms with Gasteiger partial charge in [0.05, 0.1) is 0 Å². The lowest BCUT2D eigenvalue weighted by molar-refractivity contribution is -0.129. The first kappa shape index (κ1) is 12.3. The van der Waals surface area contributed by atoms with E-state index in [0.717, 1.165) is 37.4 Å². The molecule has 0 bridgehead atoms. The van der Waals surface area contributed by atoms with Crippen molar-refractivity contribution in [1.29, 1.82) is 0 Å². The quantitative estimate of drug-likeness (QED) is 0.798. The number of thiocarbonyl (C=S) groups is 1. The molecule has 0 saturated carbocycles. The Kier molecular flexibility index (Phi) is 3.10. The molecular weight excluding hydrogens is 260 g/mol. The lowest BCUT2D eigenvalue weighted by atomic mass is 10.1. The third-order valence-electron chi connectivity index (χ3n) is 3.85. The summed E-state index contributed by atoms with van der Waals surface area (Å²) in [6.45, 7) is 2.50. The number of fused-ring (bicyclic) bond motifs is 1. The highest BCUT2D eigenvalue weighted by Gasteiger charge is 2.35. The summed E-state index contributed by atoms with van der Waals surface area (Å²) in [6, 6.07) is 4.19. The topological polar surface area (TPSA) is 62.5 Å². The Morgan fingerprint density at radius 1 is 1.42 bits per heavy atom. The third-order valence-corrected chi connectivity index (χ3v) is 4.09. The Balaban J connectivity index is 1.73. The number of hydrogen-bond donors (Lipinski definition) is 1. The highest BCUT2D eigenvalue weighted by Crippen LogP contribution is 2.25. The summed E-state index contributed by atoms with van der Waals surface area (Å²) < 4.78 is 0. The molecule has 1 aromatic rings. The number of carbonyl (C=O) groups is 1. The first-order valence-corrected chi connectivity index (χ1v) is 6.86. The molecule has 6 heteroatoms. The van der Waals surface area contributed by atoms with Crippen molar-refractivity contribution >= 4 is 28.9 Å². The van der Waals surface area contributed by atoms with Gasteiger partial charge in [-0.25, -0.2) is 4.98 Å². The molecular formula is C13H16N4OS. The fourth-order valence-corrected chi connectivity index (χ4v) is 2.91. The van der Waals surface area contributed by atoms with Gasteiger partial charge in [0.25, 0.3) is 0 Å². The molecule has 1 unspecified atom stereocenters. The monoisotopic (exact) mass is 276 g/mol. The van der Waals surface area contributed by atoms with Crippen molar-refractivity contribution in [3.8, 4) is 0 Å². The highest BCUT2D eigenvalue weighted by molar-refractivity contribution is 7.80. The Bertz CT molecular complexity index is 516. The van der Waals surface area contributed by atoms with Crippen LogP contribution in [0.5, 0.6) is 0 Å². The minimum absolute atomic E-state index is 0.293. The zero-order valence-corrected chi connectivity index (χ0v) is 11.4. The van der Waals surface area contributed by atoms with Crippen molar-refractivity contribution in [2.45, 2.75) is 18.9 Å². The van der Waals surface area contributed by atoms with Crippen LogP contribution in [0, 0.1) is 0 Å². The largest absolute Gasteiger partial charge is 0.389 e. The summed E-state index contributed by atoms with van der Waals surface area (Å²) in [5.41, 5.74) is 6.35. The van der Waals surface area contributed by atoms with Gasteiger partial charge >= 0.3 is 0 Å². The fraction of sp³-hybridized carbons (Fsp3) is 0.462. The van der Waals surface area contributed by atoms with E-state index in [9.17, 15) is 4.79 Å². The second kappa shape index (κ2) is 4.77. The van der Waals surface area contributed by atoms with E-state index in [1.807, 2.05) is 17.0 Å². The molecule has 5 nitrogen and oxygen atoms in total. The zero-order chi connectivity index (χ0) is 13.4. The molecule has 2 aliphatic rings. The average Bonchev–Trinajstić information content (AvgIpc) is 2.80. The van der Waals surface area contributed by atoms with Gasteiger partial charge in [-0.05, 0) is 18.6 Å². The minimum Gasteiger partial charge on any atom is -0.389 e. The molecule has 3 rings (SSSR count). The zero-order valence-electron chi connectivity index (χ0n) is 10.6. The number of rotatable bonds is 2. The number of hydrogen-bond acceptors (Lipinski definition) is 4. The molecule has 100 valence electrons. The Labute approximate surface area is 117 Å². The Morgan fingerprint density at radius 2 is 2.26 bits per heavy atom. The molecule has 2 fully saturated rings. The molecule has 1 atom stereocenters. The van der Waals surface area contributed by atoms with Crippen molar-refractivity contribution in [3.05, 3.63) is 23.9 Å². The van der Waals surface area contributed by atoms with Crippen molar-refractivity contribution in [2.75, 3.05) is 24.5 Å². The highest BCUT2D eigenvalue weighted by atomic mass is 32.1. The minimum atomic E-state index is 0.293. The normalized spacial score (nSPS) is 22.5. The predicted molar refractivity (Wildman–Crippen MR) is 77.1 cm³/mol. The van der Waals surface area contributed by atoms with Crippen molar-refractivity contribution in [1.82, 2.24) is 9.88 Å². The van der Waals surface area contributed by atoms with Crippen molar-refractivity contribution < 1.29 is 4.79 Å². The van der Waals surface area contributed by atoms with E-state index < -0.39 is 0 Å². The van der Waals surface area contributed by atoms with E-state index >= 15 is 0 Å². The van der Waals surface area contributed by atoms with Crippen LogP contribution in [0.4, 0.5) is 5.82 Å². The lowest BCUT2D eigenvalue weighted by Crippen LogP contribution is -2.51. The molecule has 1 aromatic heterocycles. The first-order chi connectivity index (χ1) is 9.15. The third kappa shape index (κ3) is 2.28. The number of amides is 1. The van der Waals surface area contributed by atoms with Crippen molar-refractivity contribution in [3.63, 3.8) is 0 Å². The molecule has 19 heavy (non-hydrogen) atoms. The van der Waals surface area contributed by atoms with Crippen LogP contribution in [0.1, 0.15) is 18.4 Å². The number of carbonyl (C=O) groups excluding carboxylic acids is 1. The molecule has 0 radical (unpaired) electrons. The summed E-state index contributed by atoms with van der Waals surface area (Å²) in [5, 5.41) is 0. The SMILES string of the molecule is NC(=S)c1ccc(N2CCN3C(=O)CCC3C2)nc1. The molecule has 2 N–H and O–H groups in total. The lowest BCUT2D eigenvalue weighted by Gasteiger charge is -2.38. The maximum Gasteiger partial charge on any atom is 0.223 e. The number of piperazine rings is 1. The summed E-state index contributed by atoms with van der Waals surface area (Å²) in [4.78, 5) is 20.6. The van der Waals surface area contributed by atoms with Crippen LogP contribution in [-0.4, -0.2) is 46.5 Å². The van der Waals surface area contributed by atoms with Crippen LogP contribution in [-0.2, 0) is 4.79 Å². The number of anilines is 1. The van der Waals surface area contributed by atoms with Crippen LogP contribution < -0.4 is 10.6 Å². The van der Waals surface area contributed by atoms with E-state index in [1.165, 1.54) is 0 Å². The molecule has 3 heterocycles. The number of nitrogens with two attached hydrogens (primary N) is 1. The summed E-state index contributed by atoms with van der Waals surface area (Å²) in [6.07, 6.45) is 3.36. The maximum absolute atomic E-state index is 11.6. The predicted octanol–water partition coefficient (Wildman–Crippen LogP) is 0.527. The standard InChI is InChI=1S/C13H16N4OS/c14-13(19)9-1-3-11(15-7-9)16-5-6-17-10(8-16)2-4-12(17)18/h1,3,7,10H,2,4-6,8H2,(H2,14,19). The van der Waals surface area contributed by atoms with Crippen molar-refractivity contribution in [2.24, 2.45) is 5.73 Å². The maximum atomic E-state index is 11.6. The summed E-state index contributed by atoms with van der Waals surface area (Å²) >= 11 is 4.92. The van der Waals surface area contributed by atoms with Crippen LogP contribution in [0.3, 0.4) is 0 Å². The smallest absolute Gasteiger partial charge is 0.223 e. The van der Waals surface area contributed by atoms with Gasteiger partial charge < -0.3 is 15.5 Å². The van der Waals surface area contributed by atoms with Crippen LogP contribution >= 0.6 is 12.2 Å². The molecule has 2 saturated heterocycles. The van der Waals surface area contributed by atoms with Gasteiger partial charge in [0.15, 0.2) is 0 Å². The first-order valence-electron chi connectivity index (χ1n) is 6.45. The van der Waals surface area contributed by atoms with Crippen LogP contribution in [0.15, 0.2) is 18.3 Å². The van der Waals surface area contributed by atoms with E-state index in [-0.39, 0.29) is 0 Å². The van der Waals surface area contributed by atoms with Gasteiger partial charge in [-0.15, -0.1) is 0 Å². The fourth-order valence-electron chi connectivity index (χ4n) is 2.79. The molecule has 0 aliphatic carbocycles. The van der Waals surface area contributed by atoms with E-state index in [2.05, 4.69) is 9.88 Å². The number of pyridine rings is 1. The van der Waals surface area contributed by atoms with Gasteiger partial charge in [-0.3, -0.25) is 4.79 Å². The van der Waals surface area contributed by atoms with Gasteiger partial charge in [0, 0.05) is 43.9 Å². The summed E-state index contributed by atoms with van der Waals surface area (Å²) in [5.74, 6) is 1.22. The van der Waals surface area contributed by atoms with Gasteiger partial charge in [-0.2, -0.15) is 0 Å². The summed E-state index contributed by atoms with van der Waals surface area (Å²) in [7, 11) is 0. The molecule has 1 amide bonds. The van der Waals surface area contributed by atoms with Gasteiger partial charge in [-0.1, -0.05) is 12.2 Å². The number of aromatic nitrogens is 1. The second-order valence-corrected chi connectivity index (χ2v) is 5.43. The Hall–Kier alpha value is -1.69. The van der Waals surface area contributed by atoms with E-state index in [0.29, 0.717) is 23.4 Å². The van der Waals surface area contributed by atoms with Crippen LogP contribution in [0.2, 0.25) is 0 Å². The average molecular weight is 276 g/mol. The van der Waals surface area contributed by atoms with E-state index in [1.54, 1.807) is 6.20 Å². The molecule has 0 aromatic carbocycles. The van der Waals surface area contributed by atoms with Gasteiger partial charge in [0.2, 0.25) is 5.91 Å². The molecule has 2 aliphatic heterocycles. The van der Waals surface area contributed by atoms with E-state index in [4.69, 9.17) is 18.0 Å². The number of nitrogens with zero attached hydrogens (tertiary/aromatic N) is 3. The Morgan fingerprint density at radius 3 is 2.95 bits per heavy atom. The second-order valence-electron chi connectivity index (χ2n) is 4.99. The van der Waals surface area contributed by atoms with Crippen LogP contribution in [0.25, 0.3) is 0 Å². The van der Waals surface area contributed by atoms with Gasteiger partial charge in [0.1, 0.15) is 10.8 Å². The molecule has 0 spiro atoms.